The van der Waals surface area contributed by atoms with Gasteiger partial charge in [0.2, 0.25) is 18.1 Å². The van der Waals surface area contributed by atoms with E-state index >= 15 is 0 Å². The number of hydrogen-bond donors (Lipinski definition) is 5. The van der Waals surface area contributed by atoms with Crippen LogP contribution in [0.4, 0.5) is 0 Å². The highest BCUT2D eigenvalue weighted by atomic mass is 15.6. The molecule has 0 aromatic carbocycles. The molecule has 0 fully saturated rings. The van der Waals surface area contributed by atoms with Crippen molar-refractivity contribution in [3.05, 3.63) is 0 Å². The average molecular weight is 141 g/mol. The van der Waals surface area contributed by atoms with Crippen LogP contribution in [-0.4, -0.2) is 16.9 Å². The monoisotopic (exact) mass is 141 g/mol. The molecule has 0 saturated heterocycles. The van der Waals surface area contributed by atoms with E-state index in [0.717, 1.165) is 0 Å². The van der Waals surface area contributed by atoms with E-state index in [1.54, 1.807) is 0 Å². The van der Waals surface area contributed by atoms with Gasteiger partial charge in [-0.25, -0.2) is 0 Å². The van der Waals surface area contributed by atoms with Crippen molar-refractivity contribution in [3.8, 4) is 6.19 Å². The van der Waals surface area contributed by atoms with Crippen LogP contribution in [0.25, 0.3) is 0 Å². The Balaban J connectivity index is 4.00. The highest BCUT2D eigenvalue weighted by Crippen LogP contribution is 1.71. The first-order valence-corrected chi connectivity index (χ1v) is 2.22. The maximum atomic E-state index is 8.19. The molecule has 0 aliphatic heterocycles. The molecule has 0 aromatic heterocycles. The highest BCUT2D eigenvalue weighted by Gasteiger charge is 2.02. The van der Waals surface area contributed by atoms with Gasteiger partial charge in [-0.15, -0.1) is 0 Å². The SMILES string of the molecule is N#CN(NC(=N)N)C(=N)N. The Morgan fingerprint density at radius 2 is 2.00 bits per heavy atom. The fourth-order valence-corrected chi connectivity index (χ4v) is 0.260. The van der Waals surface area contributed by atoms with Crippen molar-refractivity contribution in [2.75, 3.05) is 0 Å². The third-order valence-corrected chi connectivity index (χ3v) is 0.573. The van der Waals surface area contributed by atoms with Crippen LogP contribution in [0.3, 0.4) is 0 Å². The van der Waals surface area contributed by atoms with Gasteiger partial charge < -0.3 is 11.5 Å². The molecule has 0 aliphatic carbocycles. The van der Waals surface area contributed by atoms with E-state index in [1.165, 1.54) is 6.19 Å². The zero-order chi connectivity index (χ0) is 8.15. The number of nitrogens with zero attached hydrogens (tertiary/aromatic N) is 2. The molecule has 0 rings (SSSR count). The summed E-state index contributed by atoms with van der Waals surface area (Å²) in [6.07, 6.45) is 1.48. The van der Waals surface area contributed by atoms with Gasteiger partial charge in [-0.1, -0.05) is 0 Å². The van der Waals surface area contributed by atoms with E-state index in [2.05, 4.69) is 0 Å². The van der Waals surface area contributed by atoms with E-state index < -0.39 is 11.9 Å². The minimum atomic E-state index is -0.516. The molecule has 7 nitrogen and oxygen atoms in total. The molecule has 0 radical (unpaired) electrons. The largest absolute Gasteiger partial charge is 0.369 e. The summed E-state index contributed by atoms with van der Waals surface area (Å²) in [6.45, 7) is 0. The summed E-state index contributed by atoms with van der Waals surface area (Å²) in [5, 5.41) is 22.1. The Bertz CT molecular complexity index is 188. The third-order valence-electron chi connectivity index (χ3n) is 0.573. The minimum absolute atomic E-state index is 0.447. The fourth-order valence-electron chi connectivity index (χ4n) is 0.260. The second-order valence-corrected chi connectivity index (χ2v) is 1.35. The molecule has 0 unspecified atom stereocenters. The molecular formula is C3H7N7. The van der Waals surface area contributed by atoms with E-state index in [-0.39, 0.29) is 0 Å². The second-order valence-electron chi connectivity index (χ2n) is 1.35. The van der Waals surface area contributed by atoms with E-state index in [9.17, 15) is 0 Å². The van der Waals surface area contributed by atoms with E-state index in [0.29, 0.717) is 5.01 Å². The standard InChI is InChI=1S/C3H7N7/c4-1-10(3(7)8)9-2(5)6/h(H3,7,8)(H4,5,6,9). The van der Waals surface area contributed by atoms with Crippen LogP contribution >= 0.6 is 0 Å². The smallest absolute Gasteiger partial charge is 0.222 e. The van der Waals surface area contributed by atoms with Gasteiger partial charge in [0.1, 0.15) is 0 Å². The van der Waals surface area contributed by atoms with Crippen molar-refractivity contribution in [1.29, 1.82) is 16.1 Å². The Morgan fingerprint density at radius 1 is 1.50 bits per heavy atom. The lowest BCUT2D eigenvalue weighted by atomic mass is 10.9. The Kier molecular flexibility index (Phi) is 2.52. The zero-order valence-electron chi connectivity index (χ0n) is 5.05. The highest BCUT2D eigenvalue weighted by molar-refractivity contribution is 5.81. The minimum Gasteiger partial charge on any atom is -0.369 e. The van der Waals surface area contributed by atoms with Gasteiger partial charge in [0.25, 0.3) is 0 Å². The molecule has 0 bridgehead atoms. The van der Waals surface area contributed by atoms with Crippen molar-refractivity contribution >= 4 is 11.9 Å². The molecule has 0 spiro atoms. The number of hydrogen-bond acceptors (Lipinski definition) is 3. The quantitative estimate of drug-likeness (QED) is 0.0877. The average Bonchev–Trinajstić information content (AvgIpc) is 1.81. The van der Waals surface area contributed by atoms with Crippen LogP contribution in [-0.2, 0) is 0 Å². The summed E-state index contributed by atoms with van der Waals surface area (Å²) >= 11 is 0. The van der Waals surface area contributed by atoms with Gasteiger partial charge in [-0.3, -0.25) is 16.2 Å². The van der Waals surface area contributed by atoms with Crippen LogP contribution in [0.5, 0.6) is 0 Å². The molecule has 0 aliphatic rings. The van der Waals surface area contributed by atoms with Crippen molar-refractivity contribution in [1.82, 2.24) is 10.4 Å². The predicted molar refractivity (Wildman–Crippen MR) is 34.4 cm³/mol. The summed E-state index contributed by atoms with van der Waals surface area (Å²) in [5.74, 6) is -0.963. The maximum absolute atomic E-state index is 8.19. The number of rotatable bonds is 0. The lowest BCUT2D eigenvalue weighted by molar-refractivity contribution is 0.510. The molecule has 7 heteroatoms. The first-order chi connectivity index (χ1) is 4.57. The molecule has 0 saturated carbocycles. The summed E-state index contributed by atoms with van der Waals surface area (Å²) in [5.41, 5.74) is 11.7. The summed E-state index contributed by atoms with van der Waals surface area (Å²) < 4.78 is 0. The summed E-state index contributed by atoms with van der Waals surface area (Å²) in [6, 6.07) is 0. The van der Waals surface area contributed by atoms with Gasteiger partial charge in [0, 0.05) is 0 Å². The maximum Gasteiger partial charge on any atom is 0.222 e. The molecular weight excluding hydrogens is 134 g/mol. The lowest BCUT2D eigenvalue weighted by Crippen LogP contribution is -2.48. The third kappa shape index (κ3) is 2.37. The van der Waals surface area contributed by atoms with Crippen LogP contribution in [0.1, 0.15) is 0 Å². The Morgan fingerprint density at radius 3 is 2.10 bits per heavy atom. The van der Waals surface area contributed by atoms with Crippen LogP contribution in [0.15, 0.2) is 0 Å². The van der Waals surface area contributed by atoms with Gasteiger partial charge >= 0.3 is 0 Å². The number of nitrogens with two attached hydrogens (primary N) is 2. The van der Waals surface area contributed by atoms with E-state index in [1.807, 2.05) is 5.43 Å². The molecule has 0 amide bonds. The second kappa shape index (κ2) is 3.13. The predicted octanol–water partition coefficient (Wildman–Crippen LogP) is -1.94. The number of guanidine groups is 2. The first-order valence-electron chi connectivity index (χ1n) is 2.22. The van der Waals surface area contributed by atoms with Crippen LogP contribution in [0.2, 0.25) is 0 Å². The lowest BCUT2D eigenvalue weighted by Gasteiger charge is -2.12. The van der Waals surface area contributed by atoms with Crippen LogP contribution in [0, 0.1) is 22.3 Å². The molecule has 54 valence electrons. The summed E-state index contributed by atoms with van der Waals surface area (Å²) in [4.78, 5) is 0. The molecule has 0 aromatic rings. The molecule has 0 atom stereocenters. The van der Waals surface area contributed by atoms with Gasteiger partial charge in [-0.2, -0.15) is 10.3 Å². The van der Waals surface area contributed by atoms with Gasteiger partial charge in [-0.05, 0) is 0 Å². The van der Waals surface area contributed by atoms with Gasteiger partial charge in [0.15, 0.2) is 0 Å². The van der Waals surface area contributed by atoms with Crippen molar-refractivity contribution in [2.24, 2.45) is 11.5 Å². The zero-order valence-corrected chi connectivity index (χ0v) is 5.05. The van der Waals surface area contributed by atoms with Crippen molar-refractivity contribution < 1.29 is 0 Å². The number of hydrazine groups is 1. The Hall–Kier alpha value is -1.97. The topological polar surface area (TPSA) is 139 Å². The fraction of sp³-hybridized carbons (Fsp3) is 0. The normalized spacial score (nSPS) is 7.50. The molecule has 7 N–H and O–H groups in total. The van der Waals surface area contributed by atoms with Crippen LogP contribution < -0.4 is 16.9 Å². The van der Waals surface area contributed by atoms with E-state index in [4.69, 9.17) is 27.5 Å². The number of nitriles is 1. The van der Waals surface area contributed by atoms with Crippen molar-refractivity contribution in [2.45, 2.75) is 0 Å². The number of nitrogens with one attached hydrogen (secondary N) is 3. The van der Waals surface area contributed by atoms with Crippen molar-refractivity contribution in [3.63, 3.8) is 0 Å². The van der Waals surface area contributed by atoms with Gasteiger partial charge in [0.05, 0.1) is 0 Å². The molecule has 0 heterocycles. The first kappa shape index (κ1) is 8.03. The Labute approximate surface area is 57.2 Å². The molecule has 10 heavy (non-hydrogen) atoms. The summed E-state index contributed by atoms with van der Waals surface area (Å²) in [7, 11) is 0.